The Kier molecular flexibility index (Phi) is 7.11. The zero-order chi connectivity index (χ0) is 22.6. The number of carbonyl (C=O) groups excluding carboxylic acids is 1. The van der Waals surface area contributed by atoms with E-state index in [-0.39, 0.29) is 23.9 Å². The second-order valence-electron chi connectivity index (χ2n) is 8.37. The largest absolute Gasteiger partial charge is 0.355 e. The van der Waals surface area contributed by atoms with Gasteiger partial charge in [-0.05, 0) is 48.9 Å². The van der Waals surface area contributed by atoms with Crippen LogP contribution < -0.4 is 5.32 Å². The van der Waals surface area contributed by atoms with Crippen molar-refractivity contribution < 1.29 is 22.0 Å². The highest BCUT2D eigenvalue weighted by atomic mass is 32.2. The van der Waals surface area contributed by atoms with Crippen LogP contribution in [0.2, 0.25) is 0 Å². The van der Waals surface area contributed by atoms with Gasteiger partial charge in [0.1, 0.15) is 0 Å². The van der Waals surface area contributed by atoms with Gasteiger partial charge < -0.3 is 5.32 Å². The summed E-state index contributed by atoms with van der Waals surface area (Å²) in [5.74, 6) is -1.96. The molecule has 1 aliphatic heterocycles. The summed E-state index contributed by atoms with van der Waals surface area (Å²) >= 11 is 0. The van der Waals surface area contributed by atoms with Gasteiger partial charge in [-0.15, -0.1) is 0 Å². The highest BCUT2D eigenvalue weighted by Gasteiger charge is 2.45. The maximum absolute atomic E-state index is 13.6. The zero-order valence-corrected chi connectivity index (χ0v) is 18.6. The molecule has 0 unspecified atom stereocenters. The Labute approximate surface area is 182 Å². The summed E-state index contributed by atoms with van der Waals surface area (Å²) < 4.78 is 54.0. The molecule has 0 radical (unpaired) electrons. The van der Waals surface area contributed by atoms with Gasteiger partial charge in [-0.3, -0.25) is 4.79 Å². The van der Waals surface area contributed by atoms with Crippen molar-refractivity contribution in [3.05, 3.63) is 65.7 Å². The first-order valence-electron chi connectivity index (χ1n) is 10.5. The molecule has 3 rings (SSSR count). The van der Waals surface area contributed by atoms with Crippen LogP contribution in [0.15, 0.2) is 53.4 Å². The third-order valence-corrected chi connectivity index (χ3v) is 7.77. The lowest BCUT2D eigenvalue weighted by Crippen LogP contribution is -2.53. The highest BCUT2D eigenvalue weighted by Crippen LogP contribution is 2.37. The highest BCUT2D eigenvalue weighted by molar-refractivity contribution is 7.89. The van der Waals surface area contributed by atoms with E-state index >= 15 is 0 Å². The van der Waals surface area contributed by atoms with Crippen molar-refractivity contribution in [3.8, 4) is 0 Å². The summed E-state index contributed by atoms with van der Waals surface area (Å²) in [5.41, 5.74) is 0.0140. The third-order valence-electron chi connectivity index (χ3n) is 5.87. The Morgan fingerprint density at radius 1 is 1.06 bits per heavy atom. The van der Waals surface area contributed by atoms with Crippen LogP contribution >= 0.6 is 0 Å². The van der Waals surface area contributed by atoms with E-state index < -0.39 is 27.1 Å². The predicted molar refractivity (Wildman–Crippen MR) is 115 cm³/mol. The number of hydrogen-bond donors (Lipinski definition) is 1. The minimum absolute atomic E-state index is 0.105. The van der Waals surface area contributed by atoms with Crippen LogP contribution in [-0.2, 0) is 20.2 Å². The van der Waals surface area contributed by atoms with Crippen molar-refractivity contribution >= 4 is 15.9 Å². The van der Waals surface area contributed by atoms with Gasteiger partial charge in [0.25, 0.3) is 0 Å². The molecular formula is C23H28F2N2O3S. The van der Waals surface area contributed by atoms with Crippen LogP contribution in [0.1, 0.15) is 38.7 Å². The fourth-order valence-electron chi connectivity index (χ4n) is 3.94. The number of amides is 1. The molecular weight excluding hydrogens is 422 g/mol. The van der Waals surface area contributed by atoms with Crippen LogP contribution in [-0.4, -0.2) is 38.3 Å². The number of piperidine rings is 1. The average molecular weight is 451 g/mol. The van der Waals surface area contributed by atoms with Crippen molar-refractivity contribution in [2.45, 2.75) is 43.4 Å². The van der Waals surface area contributed by atoms with Crippen LogP contribution in [0.5, 0.6) is 0 Å². The number of sulfonamides is 1. The molecule has 0 aromatic heterocycles. The first-order chi connectivity index (χ1) is 14.7. The topological polar surface area (TPSA) is 66.5 Å². The number of halogens is 2. The first kappa shape index (κ1) is 23.3. The molecule has 5 nitrogen and oxygen atoms in total. The molecule has 1 saturated heterocycles. The maximum atomic E-state index is 13.6. The molecule has 31 heavy (non-hydrogen) atoms. The summed E-state index contributed by atoms with van der Waals surface area (Å²) in [5, 5.41) is 3.02. The smallest absolute Gasteiger partial charge is 0.243 e. The quantitative estimate of drug-likeness (QED) is 0.697. The van der Waals surface area contributed by atoms with Gasteiger partial charge in [0.2, 0.25) is 15.9 Å². The zero-order valence-electron chi connectivity index (χ0n) is 17.8. The summed E-state index contributed by atoms with van der Waals surface area (Å²) in [6, 6.07) is 11.9. The Bertz CT molecular complexity index is 1020. The van der Waals surface area contributed by atoms with Gasteiger partial charge >= 0.3 is 0 Å². The van der Waals surface area contributed by atoms with Gasteiger partial charge in [-0.1, -0.05) is 44.2 Å². The van der Waals surface area contributed by atoms with Crippen molar-refractivity contribution in [3.63, 3.8) is 0 Å². The molecule has 168 valence electrons. The summed E-state index contributed by atoms with van der Waals surface area (Å²) in [6.07, 6.45) is 1.45. The molecule has 1 amide bonds. The number of nitrogens with zero attached hydrogens (tertiary/aromatic N) is 1. The second-order valence-corrected chi connectivity index (χ2v) is 10.3. The second kappa shape index (κ2) is 9.44. The average Bonchev–Trinajstić information content (AvgIpc) is 2.75. The normalized spacial score (nSPS) is 16.9. The Balaban J connectivity index is 1.82. The summed E-state index contributed by atoms with van der Waals surface area (Å²) in [6.45, 7) is 4.94. The predicted octanol–water partition coefficient (Wildman–Crippen LogP) is 3.85. The van der Waals surface area contributed by atoms with E-state index in [4.69, 9.17) is 0 Å². The lowest BCUT2D eigenvalue weighted by atomic mass is 9.72. The molecule has 2 aromatic rings. The van der Waals surface area contributed by atoms with Gasteiger partial charge in [-0.2, -0.15) is 4.31 Å². The van der Waals surface area contributed by atoms with Crippen LogP contribution in [0, 0.1) is 17.6 Å². The summed E-state index contributed by atoms with van der Waals surface area (Å²) in [7, 11) is -3.99. The van der Waals surface area contributed by atoms with Crippen molar-refractivity contribution in [1.82, 2.24) is 9.62 Å². The fourth-order valence-corrected chi connectivity index (χ4v) is 5.40. The Morgan fingerprint density at radius 2 is 1.71 bits per heavy atom. The van der Waals surface area contributed by atoms with Gasteiger partial charge in [0.05, 0.1) is 10.3 Å². The lowest BCUT2D eigenvalue weighted by molar-refractivity contribution is -0.128. The number of hydrogen-bond acceptors (Lipinski definition) is 3. The fraction of sp³-hybridized carbons (Fsp3) is 0.435. The van der Waals surface area contributed by atoms with E-state index in [1.165, 1.54) is 4.31 Å². The molecule has 1 N–H and O–H groups in total. The van der Waals surface area contributed by atoms with Crippen molar-refractivity contribution in [2.75, 3.05) is 19.6 Å². The molecule has 1 aliphatic rings. The molecule has 1 heterocycles. The number of nitrogens with one attached hydrogen (secondary N) is 1. The van der Waals surface area contributed by atoms with E-state index in [2.05, 4.69) is 19.2 Å². The molecule has 8 heteroatoms. The van der Waals surface area contributed by atoms with E-state index in [0.29, 0.717) is 31.4 Å². The molecule has 0 saturated carbocycles. The summed E-state index contributed by atoms with van der Waals surface area (Å²) in [4.78, 5) is 12.9. The third kappa shape index (κ3) is 4.96. The first-order valence-corrected chi connectivity index (χ1v) is 11.9. The van der Waals surface area contributed by atoms with E-state index in [0.717, 1.165) is 24.1 Å². The molecule has 0 spiro atoms. The number of carbonyl (C=O) groups is 1. The number of rotatable bonds is 7. The minimum Gasteiger partial charge on any atom is -0.355 e. The van der Waals surface area contributed by atoms with E-state index in [9.17, 15) is 22.0 Å². The standard InChI is InChI=1S/C23H28F2N2O3S/c1-17(2)10-13-26-22(28)23(18-6-4-3-5-7-18)11-14-27(15-12-23)31(29,30)19-8-9-20(24)21(25)16-19/h3-9,16-17H,10-15H2,1-2H3,(H,26,28). The van der Waals surface area contributed by atoms with Gasteiger partial charge in [0, 0.05) is 19.6 Å². The van der Waals surface area contributed by atoms with Crippen molar-refractivity contribution in [2.24, 2.45) is 5.92 Å². The maximum Gasteiger partial charge on any atom is 0.243 e. The van der Waals surface area contributed by atoms with Gasteiger partial charge in [0.15, 0.2) is 11.6 Å². The Hall–Kier alpha value is -2.32. The van der Waals surface area contributed by atoms with Crippen LogP contribution in [0.4, 0.5) is 8.78 Å². The van der Waals surface area contributed by atoms with E-state index in [1.807, 2.05) is 30.3 Å². The van der Waals surface area contributed by atoms with Gasteiger partial charge in [-0.25, -0.2) is 17.2 Å². The lowest BCUT2D eigenvalue weighted by Gasteiger charge is -2.40. The van der Waals surface area contributed by atoms with Crippen LogP contribution in [0.3, 0.4) is 0 Å². The van der Waals surface area contributed by atoms with Crippen LogP contribution in [0.25, 0.3) is 0 Å². The molecule has 0 aliphatic carbocycles. The van der Waals surface area contributed by atoms with Crippen molar-refractivity contribution in [1.29, 1.82) is 0 Å². The molecule has 2 aromatic carbocycles. The van der Waals surface area contributed by atoms with E-state index in [1.54, 1.807) is 0 Å². The molecule has 0 atom stereocenters. The SMILES string of the molecule is CC(C)CCNC(=O)C1(c2ccccc2)CCN(S(=O)(=O)c2ccc(F)c(F)c2)CC1. The number of benzene rings is 2. The monoisotopic (exact) mass is 450 g/mol. The Morgan fingerprint density at radius 3 is 2.29 bits per heavy atom. The molecule has 1 fully saturated rings. The minimum atomic E-state index is -3.99. The molecule has 0 bridgehead atoms.